The summed E-state index contributed by atoms with van der Waals surface area (Å²) < 4.78 is 0. The van der Waals surface area contributed by atoms with Gasteiger partial charge in [-0.05, 0) is 30.9 Å². The molecule has 0 radical (unpaired) electrons. The minimum atomic E-state index is -0.703. The molecule has 1 fully saturated rings. The van der Waals surface area contributed by atoms with Gasteiger partial charge in [0.05, 0.1) is 0 Å². The summed E-state index contributed by atoms with van der Waals surface area (Å²) in [6.45, 7) is 4.98. The van der Waals surface area contributed by atoms with Gasteiger partial charge in [-0.1, -0.05) is 60.7 Å². The first-order valence-electron chi connectivity index (χ1n) is 11.7. The zero-order valence-corrected chi connectivity index (χ0v) is 19.5. The Kier molecular flexibility index (Phi) is 7.20. The Balaban J connectivity index is 1.42. The van der Waals surface area contributed by atoms with Gasteiger partial charge < -0.3 is 26.0 Å². The molecule has 7 heteroatoms. The number of carbonyl (C=O) groups is 1. The number of aliphatic hydroxyl groups excluding tert-OH is 1. The molecule has 1 saturated heterocycles. The minimum Gasteiger partial charge on any atom is -0.384 e. The number of aliphatic hydroxyl groups is 1. The lowest BCUT2D eigenvalue weighted by molar-refractivity contribution is 0.0184. The quantitative estimate of drug-likeness (QED) is 0.523. The summed E-state index contributed by atoms with van der Waals surface area (Å²) in [6, 6.07) is 20.1. The van der Waals surface area contributed by atoms with E-state index in [2.05, 4.69) is 33.0 Å². The molecular formula is C26H35N5O2. The van der Waals surface area contributed by atoms with E-state index in [4.69, 9.17) is 0 Å². The van der Waals surface area contributed by atoms with Gasteiger partial charge in [-0.3, -0.25) is 4.90 Å². The van der Waals surface area contributed by atoms with E-state index in [0.717, 1.165) is 42.8 Å². The van der Waals surface area contributed by atoms with Crippen LogP contribution in [0.5, 0.6) is 0 Å². The molecule has 2 heterocycles. The van der Waals surface area contributed by atoms with Crippen molar-refractivity contribution in [2.75, 3.05) is 26.7 Å². The van der Waals surface area contributed by atoms with Gasteiger partial charge in [0.2, 0.25) is 0 Å². The lowest BCUT2D eigenvalue weighted by Gasteiger charge is -2.44. The summed E-state index contributed by atoms with van der Waals surface area (Å²) in [5.41, 5.74) is 2.34. The fourth-order valence-electron chi connectivity index (χ4n) is 4.93. The third-order valence-corrected chi connectivity index (χ3v) is 6.69. The van der Waals surface area contributed by atoms with Gasteiger partial charge in [-0.15, -0.1) is 0 Å². The molecule has 33 heavy (non-hydrogen) atoms. The molecule has 2 aliphatic rings. The van der Waals surface area contributed by atoms with Crippen LogP contribution in [0.3, 0.4) is 0 Å². The van der Waals surface area contributed by atoms with Crippen LogP contribution in [0.25, 0.3) is 0 Å². The third-order valence-electron chi connectivity index (χ3n) is 6.69. The fraction of sp³-hybridized carbons (Fsp3) is 0.423. The lowest BCUT2D eigenvalue weighted by Crippen LogP contribution is -2.62. The van der Waals surface area contributed by atoms with E-state index in [1.807, 2.05) is 66.6 Å². The van der Waals surface area contributed by atoms with Crippen molar-refractivity contribution < 1.29 is 9.90 Å². The van der Waals surface area contributed by atoms with Crippen LogP contribution >= 0.6 is 0 Å². The number of rotatable bonds is 7. The smallest absolute Gasteiger partial charge is 0.317 e. The molecule has 2 amide bonds. The largest absolute Gasteiger partial charge is 0.384 e. The zero-order valence-electron chi connectivity index (χ0n) is 19.5. The number of allylic oxidation sites excluding steroid dienone is 1. The maximum Gasteiger partial charge on any atom is 0.317 e. The van der Waals surface area contributed by atoms with Crippen LogP contribution < -0.4 is 16.0 Å². The number of piperidine rings is 1. The van der Waals surface area contributed by atoms with E-state index >= 15 is 0 Å². The molecule has 7 nitrogen and oxygen atoms in total. The van der Waals surface area contributed by atoms with Crippen molar-refractivity contribution in [2.45, 2.75) is 44.1 Å². The first-order valence-corrected chi connectivity index (χ1v) is 11.7. The number of hydrogen-bond donors (Lipinski definition) is 4. The molecule has 0 aromatic heterocycles. The highest BCUT2D eigenvalue weighted by Crippen LogP contribution is 2.30. The Morgan fingerprint density at radius 1 is 1.15 bits per heavy atom. The normalized spacial score (nSPS) is 22.1. The van der Waals surface area contributed by atoms with Crippen LogP contribution in [0.2, 0.25) is 0 Å². The standard InChI is InChI=1S/C26H35N5O2/c1-20-17-28-26(29-20,24(32)22-11-7-4-8-12-22)19-30-15-13-23(14-16-30)31(25(33)27-2)18-21-9-5-3-6-10-21/h3-12,17,23-24,28-29,32H,13-16,18-19H2,1-2H3,(H,27,33). The summed E-state index contributed by atoms with van der Waals surface area (Å²) in [5, 5.41) is 21.0. The van der Waals surface area contributed by atoms with Crippen molar-refractivity contribution in [3.8, 4) is 0 Å². The van der Waals surface area contributed by atoms with Gasteiger partial charge in [-0.2, -0.15) is 0 Å². The highest BCUT2D eigenvalue weighted by molar-refractivity contribution is 5.74. The van der Waals surface area contributed by atoms with Crippen LogP contribution in [0.4, 0.5) is 4.79 Å². The van der Waals surface area contributed by atoms with E-state index in [1.54, 1.807) is 7.05 Å². The van der Waals surface area contributed by atoms with Crippen molar-refractivity contribution in [3.05, 3.63) is 83.7 Å². The monoisotopic (exact) mass is 449 g/mol. The molecule has 0 aliphatic carbocycles. The topological polar surface area (TPSA) is 79.9 Å². The van der Waals surface area contributed by atoms with Crippen molar-refractivity contribution >= 4 is 6.03 Å². The number of amides is 2. The summed E-state index contributed by atoms with van der Waals surface area (Å²) in [5.74, 6) is 0. The van der Waals surface area contributed by atoms with Crippen molar-refractivity contribution in [1.82, 2.24) is 25.8 Å². The molecule has 0 bridgehead atoms. The van der Waals surface area contributed by atoms with E-state index in [0.29, 0.717) is 13.1 Å². The predicted octanol–water partition coefficient (Wildman–Crippen LogP) is 2.78. The summed E-state index contributed by atoms with van der Waals surface area (Å²) in [7, 11) is 1.69. The first kappa shape index (κ1) is 23.1. The molecule has 2 aliphatic heterocycles. The van der Waals surface area contributed by atoms with E-state index in [-0.39, 0.29) is 12.1 Å². The van der Waals surface area contributed by atoms with E-state index in [9.17, 15) is 9.90 Å². The first-order chi connectivity index (χ1) is 16.0. The Morgan fingerprint density at radius 3 is 2.36 bits per heavy atom. The second kappa shape index (κ2) is 10.3. The Morgan fingerprint density at radius 2 is 1.79 bits per heavy atom. The highest BCUT2D eigenvalue weighted by atomic mass is 16.3. The molecule has 4 rings (SSSR count). The summed E-state index contributed by atoms with van der Waals surface area (Å²) in [4.78, 5) is 17.0. The number of nitrogens with zero attached hydrogens (tertiary/aromatic N) is 2. The van der Waals surface area contributed by atoms with Gasteiger partial charge in [0.15, 0.2) is 5.66 Å². The van der Waals surface area contributed by atoms with Crippen LogP contribution in [0, 0.1) is 0 Å². The van der Waals surface area contributed by atoms with E-state index in [1.165, 1.54) is 0 Å². The van der Waals surface area contributed by atoms with E-state index < -0.39 is 11.8 Å². The SMILES string of the molecule is CNC(=O)N(Cc1ccccc1)C1CCN(CC2(C(O)c3ccccc3)NC=C(C)N2)CC1. The summed E-state index contributed by atoms with van der Waals surface area (Å²) >= 11 is 0. The van der Waals surface area contributed by atoms with Crippen LogP contribution in [0.15, 0.2) is 72.6 Å². The highest BCUT2D eigenvalue weighted by Gasteiger charge is 2.43. The van der Waals surface area contributed by atoms with Crippen molar-refractivity contribution in [3.63, 3.8) is 0 Å². The zero-order chi connectivity index (χ0) is 23.3. The predicted molar refractivity (Wildman–Crippen MR) is 130 cm³/mol. The van der Waals surface area contributed by atoms with Crippen molar-refractivity contribution in [1.29, 1.82) is 0 Å². The fourth-order valence-corrected chi connectivity index (χ4v) is 4.93. The second-order valence-electron chi connectivity index (χ2n) is 9.06. The Labute approximate surface area is 196 Å². The molecular weight excluding hydrogens is 414 g/mol. The number of urea groups is 1. The Hall–Kier alpha value is -3.03. The van der Waals surface area contributed by atoms with Gasteiger partial charge >= 0.3 is 6.03 Å². The van der Waals surface area contributed by atoms with Crippen LogP contribution in [-0.4, -0.2) is 59.3 Å². The van der Waals surface area contributed by atoms with Gasteiger partial charge in [-0.25, -0.2) is 4.79 Å². The molecule has 4 N–H and O–H groups in total. The minimum absolute atomic E-state index is 0.0350. The lowest BCUT2D eigenvalue weighted by atomic mass is 9.94. The third kappa shape index (κ3) is 5.31. The maximum atomic E-state index is 12.7. The molecule has 0 saturated carbocycles. The maximum absolute atomic E-state index is 12.7. The van der Waals surface area contributed by atoms with Gasteiger partial charge in [0.25, 0.3) is 0 Å². The average Bonchev–Trinajstić information content (AvgIpc) is 3.24. The molecule has 2 atom stereocenters. The second-order valence-corrected chi connectivity index (χ2v) is 9.06. The van der Waals surface area contributed by atoms with Gasteiger partial charge in [0.1, 0.15) is 6.10 Å². The number of hydrogen-bond acceptors (Lipinski definition) is 5. The number of benzene rings is 2. The molecule has 2 aromatic rings. The summed E-state index contributed by atoms with van der Waals surface area (Å²) in [6.07, 6.45) is 3.02. The molecule has 2 aromatic carbocycles. The average molecular weight is 450 g/mol. The molecule has 176 valence electrons. The molecule has 0 spiro atoms. The number of likely N-dealkylation sites (tertiary alicyclic amines) is 1. The van der Waals surface area contributed by atoms with Crippen LogP contribution in [0.1, 0.15) is 37.0 Å². The number of nitrogens with one attached hydrogen (secondary N) is 3. The molecule has 2 unspecified atom stereocenters. The number of carbonyl (C=O) groups excluding carboxylic acids is 1. The van der Waals surface area contributed by atoms with Crippen LogP contribution in [-0.2, 0) is 6.54 Å². The Bertz CT molecular complexity index is 944. The van der Waals surface area contributed by atoms with Crippen molar-refractivity contribution in [2.24, 2.45) is 0 Å². The van der Waals surface area contributed by atoms with Gasteiger partial charge in [0, 0.05) is 51.2 Å².